The van der Waals surface area contributed by atoms with Gasteiger partial charge in [0, 0.05) is 110 Å². The number of nitrogens with two attached hydrogens (primary N) is 1. The van der Waals surface area contributed by atoms with Crippen molar-refractivity contribution in [3.8, 4) is 0 Å². The number of rotatable bonds is 11. The number of carbonyl (C=O) groups is 2. The second-order valence-corrected chi connectivity index (χ2v) is 18.8. The average Bonchev–Trinajstić information content (AvgIpc) is 3.72. The molecule has 3 aliphatic heterocycles. The van der Waals surface area contributed by atoms with E-state index in [1.165, 1.54) is 19.3 Å². The molecule has 4 fully saturated rings. The van der Waals surface area contributed by atoms with E-state index in [9.17, 15) is 9.59 Å². The van der Waals surface area contributed by atoms with Gasteiger partial charge in [0.1, 0.15) is 23.3 Å². The summed E-state index contributed by atoms with van der Waals surface area (Å²) in [5.41, 5.74) is 8.47. The zero-order valence-electron chi connectivity index (χ0n) is 40.7. The molecule has 17 heteroatoms. The molecule has 1 aliphatic carbocycles. The van der Waals surface area contributed by atoms with E-state index in [-0.39, 0.29) is 23.3 Å². The van der Waals surface area contributed by atoms with Gasteiger partial charge in [-0.15, -0.1) is 0 Å². The van der Waals surface area contributed by atoms with Crippen molar-refractivity contribution in [3.05, 3.63) is 41.1 Å². The van der Waals surface area contributed by atoms with Crippen molar-refractivity contribution in [1.82, 2.24) is 40.1 Å². The van der Waals surface area contributed by atoms with Crippen molar-refractivity contribution in [2.45, 2.75) is 131 Å². The molecule has 4 aliphatic rings. The number of nitrogens with zero attached hydrogens (tertiary/aromatic N) is 10. The first-order valence-electron chi connectivity index (χ1n) is 23.6. The highest BCUT2D eigenvalue weighted by Gasteiger charge is 2.42. The Morgan fingerprint density at radius 3 is 1.78 bits per heavy atom. The van der Waals surface area contributed by atoms with Gasteiger partial charge in [0.15, 0.2) is 0 Å². The molecule has 2 amide bonds. The van der Waals surface area contributed by atoms with Crippen LogP contribution < -0.4 is 36.4 Å². The third kappa shape index (κ3) is 13.8. The first-order valence-corrected chi connectivity index (χ1v) is 23.6. The number of nitrogens with one attached hydrogen (secondary N) is 3. The molecule has 1 saturated carbocycles. The quantitative estimate of drug-likeness (QED) is 0.183. The lowest BCUT2D eigenvalue weighted by atomic mass is 9.87. The number of amides is 2. The number of aromatic nitrogens is 6. The Balaban J connectivity index is 0.000000184. The maximum Gasteiger partial charge on any atom is 0.228 e. The molecule has 5 N–H and O–H groups in total. The lowest BCUT2D eigenvalue weighted by molar-refractivity contribution is -0.130. The van der Waals surface area contributed by atoms with Crippen molar-refractivity contribution in [1.29, 1.82) is 0 Å². The summed E-state index contributed by atoms with van der Waals surface area (Å²) in [5, 5.41) is 9.39. The Hall–Kier alpha value is -4.90. The maximum absolute atomic E-state index is 12.9. The molecule has 0 bridgehead atoms. The lowest BCUT2D eigenvalue weighted by Gasteiger charge is -2.35. The Kier molecular flexibility index (Phi) is 18.3. The average molecular weight is 887 g/mol. The predicted octanol–water partition coefficient (Wildman–Crippen LogP) is 5.69. The molecule has 7 rings (SSSR count). The van der Waals surface area contributed by atoms with Gasteiger partial charge in [-0.1, -0.05) is 60.8 Å². The Labute approximate surface area is 382 Å². The SMILES string of the molecule is CNc1nc(C(C)C)cc(N2CCN(C(C)=O)CC2)n1.CNc1nc(C(C)C)cc(N2CC[C@@](C)(C(=O)NC3CCCCC3)C2)n1.Cc1nc(C(C)C)cc(N2CCO[C@H](CN)C2)n1. The minimum Gasteiger partial charge on any atom is -0.373 e. The molecule has 3 aromatic heterocycles. The van der Waals surface area contributed by atoms with E-state index in [4.69, 9.17) is 10.5 Å². The van der Waals surface area contributed by atoms with Gasteiger partial charge in [-0.2, -0.15) is 9.97 Å². The van der Waals surface area contributed by atoms with Gasteiger partial charge >= 0.3 is 0 Å². The van der Waals surface area contributed by atoms with E-state index in [0.717, 1.165) is 105 Å². The van der Waals surface area contributed by atoms with Gasteiger partial charge in [0.05, 0.1) is 29.5 Å². The van der Waals surface area contributed by atoms with E-state index >= 15 is 0 Å². The summed E-state index contributed by atoms with van der Waals surface area (Å²) < 4.78 is 5.58. The van der Waals surface area contributed by atoms with Gasteiger partial charge in [-0.05, 0) is 50.9 Å². The largest absolute Gasteiger partial charge is 0.373 e. The molecule has 354 valence electrons. The third-order valence-electron chi connectivity index (χ3n) is 12.6. The highest BCUT2D eigenvalue weighted by atomic mass is 16.5. The Morgan fingerprint density at radius 1 is 0.734 bits per heavy atom. The van der Waals surface area contributed by atoms with Gasteiger partial charge in [0.2, 0.25) is 23.7 Å². The monoisotopic (exact) mass is 887 g/mol. The van der Waals surface area contributed by atoms with Crippen molar-refractivity contribution in [3.63, 3.8) is 0 Å². The molecular weight excluding hydrogens is 809 g/mol. The highest BCUT2D eigenvalue weighted by molar-refractivity contribution is 5.84. The van der Waals surface area contributed by atoms with Crippen molar-refractivity contribution in [2.24, 2.45) is 11.1 Å². The number of hydrogen-bond acceptors (Lipinski definition) is 15. The van der Waals surface area contributed by atoms with Crippen LogP contribution in [-0.4, -0.2) is 138 Å². The van der Waals surface area contributed by atoms with Gasteiger partial charge < -0.3 is 46.0 Å². The van der Waals surface area contributed by atoms with E-state index in [1.807, 2.05) is 25.9 Å². The molecule has 0 aromatic carbocycles. The predicted molar refractivity (Wildman–Crippen MR) is 258 cm³/mol. The minimum absolute atomic E-state index is 0.108. The van der Waals surface area contributed by atoms with Crippen LogP contribution in [0.5, 0.6) is 0 Å². The molecule has 0 spiro atoms. The fourth-order valence-corrected chi connectivity index (χ4v) is 8.35. The fraction of sp³-hybridized carbons (Fsp3) is 0.702. The van der Waals surface area contributed by atoms with Gasteiger partial charge in [-0.25, -0.2) is 19.9 Å². The zero-order valence-corrected chi connectivity index (χ0v) is 40.7. The molecule has 0 radical (unpaired) electrons. The summed E-state index contributed by atoms with van der Waals surface area (Å²) >= 11 is 0. The summed E-state index contributed by atoms with van der Waals surface area (Å²) in [5.74, 6) is 6.45. The van der Waals surface area contributed by atoms with Crippen LogP contribution in [-0.2, 0) is 14.3 Å². The van der Waals surface area contributed by atoms with Crippen LogP contribution in [0.3, 0.4) is 0 Å². The Bertz CT molecular complexity index is 1970. The molecule has 3 aromatic rings. The van der Waals surface area contributed by atoms with Gasteiger partial charge in [-0.3, -0.25) is 9.59 Å². The number of piperazine rings is 1. The van der Waals surface area contributed by atoms with Crippen LogP contribution in [0.2, 0.25) is 0 Å². The van der Waals surface area contributed by atoms with Crippen LogP contribution in [0.1, 0.15) is 135 Å². The van der Waals surface area contributed by atoms with Crippen LogP contribution in [0.4, 0.5) is 29.4 Å². The topological polar surface area (TPSA) is 196 Å². The van der Waals surface area contributed by atoms with E-state index in [2.05, 4.69) is 127 Å². The second-order valence-electron chi connectivity index (χ2n) is 18.8. The number of aryl methyl sites for hydroxylation is 1. The standard InChI is InChI=1S/C20H33N5O.C14H23N5O.C13H22N4O/c1-14(2)16-12-17(24-19(21-4)23-16)25-11-10-20(3,13-25)18(26)22-15-8-6-5-7-9-15;1-10(2)12-9-13(17-14(15-4)16-12)19-7-5-18(6-8-19)11(3)20;1-9(2)12-6-13(16-10(3)15-12)17-4-5-18-11(7-14)8-17/h12,14-15H,5-11,13H2,1-4H3,(H,22,26)(H,21,23,24);9-10H,5-8H2,1-4H3,(H,15,16,17);6,9,11H,4-5,7-8,14H2,1-3H3/t20-;;11-/m1.1/s1. The summed E-state index contributed by atoms with van der Waals surface area (Å²) in [6, 6.07) is 6.56. The number of morpholine rings is 1. The van der Waals surface area contributed by atoms with Crippen LogP contribution >= 0.6 is 0 Å². The van der Waals surface area contributed by atoms with Crippen LogP contribution in [0.25, 0.3) is 0 Å². The molecule has 0 unspecified atom stereocenters. The second kappa shape index (κ2) is 23.3. The van der Waals surface area contributed by atoms with E-state index in [1.54, 1.807) is 6.92 Å². The summed E-state index contributed by atoms with van der Waals surface area (Å²) in [4.78, 5) is 60.0. The Morgan fingerprint density at radius 2 is 1.27 bits per heavy atom. The smallest absolute Gasteiger partial charge is 0.228 e. The van der Waals surface area contributed by atoms with E-state index in [0.29, 0.717) is 55.4 Å². The molecule has 64 heavy (non-hydrogen) atoms. The zero-order chi connectivity index (χ0) is 46.6. The number of hydrogen-bond donors (Lipinski definition) is 4. The first-order chi connectivity index (χ1) is 30.5. The fourth-order valence-electron chi connectivity index (χ4n) is 8.35. The number of anilines is 5. The molecule has 17 nitrogen and oxygen atoms in total. The normalized spacial score (nSPS) is 20.5. The number of carbonyl (C=O) groups excluding carboxylic acids is 2. The summed E-state index contributed by atoms with van der Waals surface area (Å²) in [7, 11) is 3.67. The molecule has 2 atom stereocenters. The summed E-state index contributed by atoms with van der Waals surface area (Å²) in [6.07, 6.45) is 7.00. The maximum atomic E-state index is 12.9. The highest BCUT2D eigenvalue weighted by Crippen LogP contribution is 2.35. The van der Waals surface area contributed by atoms with Gasteiger partial charge in [0.25, 0.3) is 0 Å². The molecule has 3 saturated heterocycles. The minimum atomic E-state index is -0.347. The summed E-state index contributed by atoms with van der Waals surface area (Å²) in [6.45, 7) is 26.1. The third-order valence-corrected chi connectivity index (χ3v) is 12.6. The lowest BCUT2D eigenvalue weighted by Crippen LogP contribution is -2.48. The number of ether oxygens (including phenoxy) is 1. The molecular formula is C47H78N14O3. The van der Waals surface area contributed by atoms with Crippen LogP contribution in [0, 0.1) is 12.3 Å². The van der Waals surface area contributed by atoms with Crippen molar-refractivity contribution in [2.75, 3.05) is 105 Å². The van der Waals surface area contributed by atoms with Crippen molar-refractivity contribution >= 4 is 41.2 Å². The van der Waals surface area contributed by atoms with E-state index < -0.39 is 0 Å². The first kappa shape index (κ1) is 50.1. The van der Waals surface area contributed by atoms with Crippen molar-refractivity contribution < 1.29 is 14.3 Å². The molecule has 6 heterocycles. The van der Waals surface area contributed by atoms with Crippen LogP contribution in [0.15, 0.2) is 18.2 Å².